The molecule has 1 aromatic heterocycles. The fourth-order valence-corrected chi connectivity index (χ4v) is 5.71. The van der Waals surface area contributed by atoms with Crippen molar-refractivity contribution in [2.45, 2.75) is 18.8 Å². The predicted octanol–water partition coefficient (Wildman–Crippen LogP) is 7.38. The lowest BCUT2D eigenvalue weighted by molar-refractivity contribution is -0.137. The first-order chi connectivity index (χ1) is 21.3. The number of amides is 1. The van der Waals surface area contributed by atoms with E-state index in [1.54, 1.807) is 24.3 Å². The number of hydrogen-bond donors (Lipinski definition) is 1. The first-order valence-electron chi connectivity index (χ1n) is 14.5. The van der Waals surface area contributed by atoms with E-state index in [-0.39, 0.29) is 11.9 Å². The van der Waals surface area contributed by atoms with Crippen LogP contribution < -0.4 is 10.2 Å². The third kappa shape index (κ3) is 6.68. The molecule has 0 saturated carbocycles. The summed E-state index contributed by atoms with van der Waals surface area (Å²) in [5.74, 6) is -0.328. The third-order valence-corrected chi connectivity index (χ3v) is 8.04. The molecular formula is C35H32F3N5O. The minimum Gasteiger partial charge on any atom is -0.369 e. The number of hydrogen-bond acceptors (Lipinski definition) is 4. The summed E-state index contributed by atoms with van der Waals surface area (Å²) in [6.07, 6.45) is -0.607. The van der Waals surface area contributed by atoms with Crippen molar-refractivity contribution >= 4 is 17.3 Å². The maximum absolute atomic E-state index is 13.2. The Morgan fingerprint density at radius 1 is 0.795 bits per heavy atom. The molecule has 0 spiro atoms. The number of piperazine rings is 1. The highest BCUT2D eigenvalue weighted by Crippen LogP contribution is 2.32. The van der Waals surface area contributed by atoms with E-state index >= 15 is 0 Å². The Balaban J connectivity index is 1.10. The van der Waals surface area contributed by atoms with Gasteiger partial charge in [0.2, 0.25) is 0 Å². The van der Waals surface area contributed by atoms with Gasteiger partial charge in [0.15, 0.2) is 0 Å². The first kappa shape index (κ1) is 29.2. The zero-order valence-corrected chi connectivity index (χ0v) is 24.0. The van der Waals surface area contributed by atoms with Gasteiger partial charge in [-0.25, -0.2) is 0 Å². The van der Waals surface area contributed by atoms with E-state index in [1.165, 1.54) is 17.7 Å². The van der Waals surface area contributed by atoms with Crippen LogP contribution in [0.3, 0.4) is 0 Å². The van der Waals surface area contributed by atoms with Crippen LogP contribution in [0.5, 0.6) is 0 Å². The smallest absolute Gasteiger partial charge is 0.369 e. The quantitative estimate of drug-likeness (QED) is 0.203. The molecule has 224 valence electrons. The zero-order valence-electron chi connectivity index (χ0n) is 24.0. The number of carbonyl (C=O) groups excluding carboxylic acids is 1. The van der Waals surface area contributed by atoms with E-state index in [0.29, 0.717) is 22.4 Å². The molecule has 6 nitrogen and oxygen atoms in total. The van der Waals surface area contributed by atoms with Crippen molar-refractivity contribution in [1.82, 2.24) is 14.7 Å². The molecule has 1 aliphatic rings. The van der Waals surface area contributed by atoms with Crippen LogP contribution in [0.4, 0.5) is 24.5 Å². The van der Waals surface area contributed by atoms with Gasteiger partial charge in [0.1, 0.15) is 0 Å². The summed E-state index contributed by atoms with van der Waals surface area (Å²) in [6, 6.07) is 32.2. The summed E-state index contributed by atoms with van der Waals surface area (Å²) in [5.41, 5.74) is 3.76. The van der Waals surface area contributed by atoms with Gasteiger partial charge in [0.25, 0.3) is 5.91 Å². The van der Waals surface area contributed by atoms with E-state index in [2.05, 4.69) is 44.5 Å². The zero-order chi connectivity index (χ0) is 30.5. The van der Waals surface area contributed by atoms with E-state index in [0.717, 1.165) is 50.5 Å². The summed E-state index contributed by atoms with van der Waals surface area (Å²) in [6.45, 7) is 4.33. The predicted molar refractivity (Wildman–Crippen MR) is 166 cm³/mol. The number of nitrogens with one attached hydrogen (secondary N) is 1. The Bertz CT molecular complexity index is 1660. The minimum atomic E-state index is -4.42. The largest absolute Gasteiger partial charge is 0.416 e. The first-order valence-corrected chi connectivity index (χ1v) is 14.5. The number of benzene rings is 4. The van der Waals surface area contributed by atoms with E-state index in [9.17, 15) is 18.0 Å². The van der Waals surface area contributed by atoms with Crippen LogP contribution >= 0.6 is 0 Å². The molecule has 44 heavy (non-hydrogen) atoms. The standard InChI is InChI=1S/C35H32F3N5O/c36-35(37,38)28-13-11-26(12-14-28)31-9-4-5-10-32(31)34(44)40-29-15-17-30(18-16-29)41-21-23-42(24-22-41)33(25-43-20-6-19-39-43)27-7-2-1-3-8-27/h1-20,33H,21-25H2,(H,40,44). The lowest BCUT2D eigenvalue weighted by atomic mass is 9.98. The molecule has 1 fully saturated rings. The number of aromatic nitrogens is 2. The highest BCUT2D eigenvalue weighted by Gasteiger charge is 2.30. The van der Waals surface area contributed by atoms with Gasteiger partial charge in [0, 0.05) is 55.5 Å². The SMILES string of the molecule is O=C(Nc1ccc(N2CCN(C(Cn3cccn3)c3ccccc3)CC2)cc1)c1ccccc1-c1ccc(C(F)(F)F)cc1. The number of anilines is 2. The molecule has 0 bridgehead atoms. The van der Waals surface area contributed by atoms with Gasteiger partial charge in [-0.1, -0.05) is 60.7 Å². The van der Waals surface area contributed by atoms with Gasteiger partial charge >= 0.3 is 6.18 Å². The minimum absolute atomic E-state index is 0.223. The number of halogens is 3. The number of carbonyl (C=O) groups is 1. The maximum Gasteiger partial charge on any atom is 0.416 e. The third-order valence-electron chi connectivity index (χ3n) is 8.04. The fourth-order valence-electron chi connectivity index (χ4n) is 5.71. The van der Waals surface area contributed by atoms with Crippen molar-refractivity contribution < 1.29 is 18.0 Å². The van der Waals surface area contributed by atoms with Gasteiger partial charge in [-0.3, -0.25) is 14.4 Å². The Kier molecular flexibility index (Phi) is 8.47. The van der Waals surface area contributed by atoms with E-state index in [1.807, 2.05) is 53.5 Å². The summed E-state index contributed by atoms with van der Waals surface area (Å²) >= 11 is 0. The molecule has 2 heterocycles. The Hall–Kier alpha value is -4.89. The van der Waals surface area contributed by atoms with Crippen LogP contribution in [0, 0.1) is 0 Å². The van der Waals surface area contributed by atoms with Crippen molar-refractivity contribution in [2.24, 2.45) is 0 Å². The number of nitrogens with zero attached hydrogens (tertiary/aromatic N) is 4. The van der Waals surface area contributed by atoms with Crippen molar-refractivity contribution in [1.29, 1.82) is 0 Å². The highest BCUT2D eigenvalue weighted by molar-refractivity contribution is 6.08. The summed E-state index contributed by atoms with van der Waals surface area (Å²) < 4.78 is 41.1. The van der Waals surface area contributed by atoms with Crippen molar-refractivity contribution in [2.75, 3.05) is 36.4 Å². The van der Waals surface area contributed by atoms with Crippen LogP contribution in [-0.2, 0) is 12.7 Å². The Labute approximate surface area is 254 Å². The van der Waals surface area contributed by atoms with Crippen LogP contribution in [0.25, 0.3) is 11.1 Å². The second-order valence-corrected chi connectivity index (χ2v) is 10.8. The van der Waals surface area contributed by atoms with Crippen molar-refractivity contribution in [3.05, 3.63) is 138 Å². The fraction of sp³-hybridized carbons (Fsp3) is 0.200. The van der Waals surface area contributed by atoms with Crippen LogP contribution in [0.2, 0.25) is 0 Å². The Morgan fingerprint density at radius 3 is 2.14 bits per heavy atom. The van der Waals surface area contributed by atoms with Crippen LogP contribution in [-0.4, -0.2) is 46.8 Å². The molecule has 0 aliphatic carbocycles. The lowest BCUT2D eigenvalue weighted by Crippen LogP contribution is -2.48. The molecule has 1 amide bonds. The average molecular weight is 596 g/mol. The second-order valence-electron chi connectivity index (χ2n) is 10.8. The van der Waals surface area contributed by atoms with E-state index < -0.39 is 11.7 Å². The normalized spacial score (nSPS) is 14.8. The number of rotatable bonds is 8. The highest BCUT2D eigenvalue weighted by atomic mass is 19.4. The van der Waals surface area contributed by atoms with Gasteiger partial charge < -0.3 is 10.2 Å². The second kappa shape index (κ2) is 12.8. The molecule has 1 N–H and O–H groups in total. The molecular weight excluding hydrogens is 563 g/mol. The summed E-state index contributed by atoms with van der Waals surface area (Å²) in [4.78, 5) is 18.1. The summed E-state index contributed by atoms with van der Waals surface area (Å²) in [7, 11) is 0. The monoisotopic (exact) mass is 595 g/mol. The molecule has 6 rings (SSSR count). The van der Waals surface area contributed by atoms with Gasteiger partial charge in [-0.2, -0.15) is 18.3 Å². The molecule has 0 radical (unpaired) electrons. The van der Waals surface area contributed by atoms with Crippen molar-refractivity contribution in [3.8, 4) is 11.1 Å². The summed E-state index contributed by atoms with van der Waals surface area (Å²) in [5, 5.41) is 7.37. The maximum atomic E-state index is 13.2. The average Bonchev–Trinajstić information content (AvgIpc) is 3.58. The molecule has 9 heteroatoms. The van der Waals surface area contributed by atoms with Crippen LogP contribution in [0.1, 0.15) is 27.5 Å². The van der Waals surface area contributed by atoms with Gasteiger partial charge in [-0.05, 0) is 65.2 Å². The lowest BCUT2D eigenvalue weighted by Gasteiger charge is -2.40. The van der Waals surface area contributed by atoms with E-state index in [4.69, 9.17) is 0 Å². The molecule has 4 aromatic carbocycles. The molecule has 1 saturated heterocycles. The molecule has 1 unspecified atom stereocenters. The van der Waals surface area contributed by atoms with Gasteiger partial charge in [0.05, 0.1) is 18.2 Å². The van der Waals surface area contributed by atoms with Crippen LogP contribution in [0.15, 0.2) is 122 Å². The van der Waals surface area contributed by atoms with Crippen molar-refractivity contribution in [3.63, 3.8) is 0 Å². The topological polar surface area (TPSA) is 53.4 Å². The van der Waals surface area contributed by atoms with Gasteiger partial charge in [-0.15, -0.1) is 0 Å². The molecule has 5 aromatic rings. The Morgan fingerprint density at radius 2 is 1.48 bits per heavy atom. The molecule has 1 aliphatic heterocycles. The number of alkyl halides is 3. The molecule has 1 atom stereocenters.